The summed E-state index contributed by atoms with van der Waals surface area (Å²) in [7, 11) is -3.89. The van der Waals surface area contributed by atoms with Gasteiger partial charge in [-0.1, -0.05) is 30.7 Å². The summed E-state index contributed by atoms with van der Waals surface area (Å²) >= 11 is 6.01. The lowest BCUT2D eigenvalue weighted by molar-refractivity contribution is -0.137. The molecule has 0 aliphatic rings. The number of halogens is 4. The van der Waals surface area contributed by atoms with Gasteiger partial charge in [-0.3, -0.25) is 0 Å². The molecule has 0 saturated heterocycles. The maximum atomic E-state index is 13.0. The summed E-state index contributed by atoms with van der Waals surface area (Å²) in [6.07, 6.45) is -2.36. The second kappa shape index (κ2) is 7.75. The Morgan fingerprint density at radius 2 is 1.84 bits per heavy atom. The molecule has 0 aliphatic heterocycles. The second-order valence-corrected chi connectivity index (χ2v) is 9.48. The number of aromatic nitrogens is 4. The molecular formula is C20H14ClF3N4O3S. The minimum atomic E-state index is -4.63. The molecule has 3 heterocycles. The lowest BCUT2D eigenvalue weighted by Crippen LogP contribution is -2.23. The Balaban J connectivity index is 1.96. The van der Waals surface area contributed by atoms with Crippen molar-refractivity contribution in [1.82, 2.24) is 19.2 Å². The van der Waals surface area contributed by atoms with Crippen LogP contribution < -0.4 is 5.69 Å². The van der Waals surface area contributed by atoms with E-state index in [2.05, 4.69) is 10.1 Å². The van der Waals surface area contributed by atoms with E-state index in [9.17, 15) is 26.4 Å². The molecule has 0 atom stereocenters. The Labute approximate surface area is 184 Å². The number of sulfone groups is 1. The van der Waals surface area contributed by atoms with Crippen molar-refractivity contribution in [2.24, 2.45) is 0 Å². The molecule has 32 heavy (non-hydrogen) atoms. The van der Waals surface area contributed by atoms with Crippen molar-refractivity contribution in [2.45, 2.75) is 18.0 Å². The maximum Gasteiger partial charge on any atom is 0.416 e. The third-order valence-corrected chi connectivity index (χ3v) is 6.72. The lowest BCUT2D eigenvalue weighted by Gasteiger charge is -2.10. The number of alkyl halides is 3. The number of hydrogen-bond acceptors (Lipinski definition) is 5. The highest BCUT2D eigenvalue weighted by Crippen LogP contribution is 2.30. The number of fused-ring (bicyclic) bond motifs is 1. The van der Waals surface area contributed by atoms with Crippen LogP contribution in [-0.4, -0.2) is 33.3 Å². The van der Waals surface area contributed by atoms with Crippen LogP contribution in [0.2, 0.25) is 5.02 Å². The highest BCUT2D eigenvalue weighted by atomic mass is 35.5. The highest BCUT2D eigenvalue weighted by molar-refractivity contribution is 7.91. The summed E-state index contributed by atoms with van der Waals surface area (Å²) in [6.45, 7) is 1.42. The minimum Gasteiger partial charge on any atom is -0.250 e. The third-order valence-electron chi connectivity index (χ3n) is 4.76. The highest BCUT2D eigenvalue weighted by Gasteiger charge is 2.31. The van der Waals surface area contributed by atoms with E-state index in [4.69, 9.17) is 11.6 Å². The molecule has 7 nitrogen and oxygen atoms in total. The van der Waals surface area contributed by atoms with E-state index in [0.717, 1.165) is 16.7 Å². The SMILES string of the molecule is CCS(=O)(=O)c1cc(-c2cccc(Cl)c2)cnc1-n1nc2cc(C(F)(F)F)ccn2c1=O. The van der Waals surface area contributed by atoms with Gasteiger partial charge in [-0.2, -0.15) is 17.9 Å². The van der Waals surface area contributed by atoms with Crippen molar-refractivity contribution in [3.05, 3.63) is 75.9 Å². The molecule has 0 bridgehead atoms. The summed E-state index contributed by atoms with van der Waals surface area (Å²) in [5, 5.41) is 4.33. The summed E-state index contributed by atoms with van der Waals surface area (Å²) < 4.78 is 66.2. The van der Waals surface area contributed by atoms with E-state index in [1.165, 1.54) is 19.2 Å². The van der Waals surface area contributed by atoms with Crippen LogP contribution in [0.15, 0.2) is 64.5 Å². The van der Waals surface area contributed by atoms with E-state index in [1.807, 2.05) is 0 Å². The van der Waals surface area contributed by atoms with E-state index in [0.29, 0.717) is 26.9 Å². The molecule has 0 aliphatic carbocycles. The number of rotatable bonds is 4. The summed E-state index contributed by atoms with van der Waals surface area (Å²) in [5.41, 5.74) is -1.12. The van der Waals surface area contributed by atoms with E-state index >= 15 is 0 Å². The van der Waals surface area contributed by atoms with Gasteiger partial charge < -0.3 is 0 Å². The standard InChI is InChI=1S/C20H14ClF3N4O3S/c1-2-32(30,31)16-9-13(12-4-3-5-15(21)8-12)11-25-18(16)28-19(29)27-7-6-14(20(22,23)24)10-17(27)26-28/h3-11H,2H2,1H3. The molecule has 4 rings (SSSR count). The molecule has 0 unspecified atom stereocenters. The Morgan fingerprint density at radius 3 is 2.50 bits per heavy atom. The zero-order chi connectivity index (χ0) is 23.3. The predicted molar refractivity (Wildman–Crippen MR) is 112 cm³/mol. The van der Waals surface area contributed by atoms with Crippen LogP contribution in [0.4, 0.5) is 13.2 Å². The largest absolute Gasteiger partial charge is 0.416 e. The molecule has 1 aromatic carbocycles. The van der Waals surface area contributed by atoms with Gasteiger partial charge in [0.25, 0.3) is 0 Å². The zero-order valence-electron chi connectivity index (χ0n) is 16.3. The van der Waals surface area contributed by atoms with Crippen LogP contribution in [0, 0.1) is 0 Å². The van der Waals surface area contributed by atoms with Gasteiger partial charge in [0.05, 0.1) is 11.3 Å². The van der Waals surface area contributed by atoms with Gasteiger partial charge in [0.1, 0.15) is 4.90 Å². The smallest absolute Gasteiger partial charge is 0.250 e. The van der Waals surface area contributed by atoms with Gasteiger partial charge in [-0.15, -0.1) is 5.10 Å². The van der Waals surface area contributed by atoms with Crippen molar-refractivity contribution in [2.75, 3.05) is 5.75 Å². The first-order chi connectivity index (χ1) is 15.0. The van der Waals surface area contributed by atoms with Crippen LogP contribution in [0.1, 0.15) is 12.5 Å². The lowest BCUT2D eigenvalue weighted by atomic mass is 10.1. The number of hydrogen-bond donors (Lipinski definition) is 0. The monoisotopic (exact) mass is 482 g/mol. The quantitative estimate of drug-likeness (QED) is 0.438. The van der Waals surface area contributed by atoms with Crippen molar-refractivity contribution in [1.29, 1.82) is 0 Å². The topological polar surface area (TPSA) is 86.3 Å². The molecule has 0 N–H and O–H groups in total. The first-order valence-electron chi connectivity index (χ1n) is 9.19. The molecule has 0 radical (unpaired) electrons. The fourth-order valence-electron chi connectivity index (χ4n) is 3.10. The van der Waals surface area contributed by atoms with Gasteiger partial charge in [-0.05, 0) is 35.9 Å². The van der Waals surface area contributed by atoms with Gasteiger partial charge in [0, 0.05) is 23.0 Å². The second-order valence-electron chi connectivity index (χ2n) is 6.80. The van der Waals surface area contributed by atoms with Crippen LogP contribution in [0.25, 0.3) is 22.6 Å². The maximum absolute atomic E-state index is 13.0. The summed E-state index contributed by atoms with van der Waals surface area (Å²) in [5.74, 6) is -0.596. The first kappa shape index (κ1) is 22.0. The number of benzene rings is 1. The number of pyridine rings is 2. The predicted octanol–water partition coefficient (Wildman–Crippen LogP) is 4.01. The first-order valence-corrected chi connectivity index (χ1v) is 11.2. The fourth-order valence-corrected chi connectivity index (χ4v) is 4.32. The Bertz CT molecular complexity index is 1510. The Hall–Kier alpha value is -3.18. The Morgan fingerprint density at radius 1 is 1.09 bits per heavy atom. The van der Waals surface area contributed by atoms with Gasteiger partial charge in [0.15, 0.2) is 21.3 Å². The normalized spacial score (nSPS) is 12.4. The molecule has 3 aromatic heterocycles. The van der Waals surface area contributed by atoms with Crippen LogP contribution in [0.3, 0.4) is 0 Å². The summed E-state index contributed by atoms with van der Waals surface area (Å²) in [6, 6.07) is 9.44. The van der Waals surface area contributed by atoms with Crippen LogP contribution >= 0.6 is 11.6 Å². The molecule has 166 valence electrons. The van der Waals surface area contributed by atoms with Crippen molar-refractivity contribution >= 4 is 27.1 Å². The number of nitrogens with zero attached hydrogens (tertiary/aromatic N) is 4. The summed E-state index contributed by atoms with van der Waals surface area (Å²) in [4.78, 5) is 16.6. The minimum absolute atomic E-state index is 0.279. The fraction of sp³-hybridized carbons (Fsp3) is 0.150. The van der Waals surface area contributed by atoms with E-state index in [1.54, 1.807) is 24.3 Å². The molecule has 0 saturated carbocycles. The molecular weight excluding hydrogens is 469 g/mol. The average molecular weight is 483 g/mol. The third kappa shape index (κ3) is 3.89. The van der Waals surface area contributed by atoms with Crippen LogP contribution in [0.5, 0.6) is 0 Å². The van der Waals surface area contributed by atoms with Crippen molar-refractivity contribution in [3.8, 4) is 16.9 Å². The Kier molecular flexibility index (Phi) is 5.33. The molecule has 0 spiro atoms. The van der Waals surface area contributed by atoms with Gasteiger partial charge in [0.2, 0.25) is 0 Å². The molecule has 0 fully saturated rings. The van der Waals surface area contributed by atoms with E-state index < -0.39 is 27.3 Å². The van der Waals surface area contributed by atoms with Crippen molar-refractivity contribution in [3.63, 3.8) is 0 Å². The van der Waals surface area contributed by atoms with Crippen molar-refractivity contribution < 1.29 is 21.6 Å². The van der Waals surface area contributed by atoms with E-state index in [-0.39, 0.29) is 22.1 Å². The van der Waals surface area contributed by atoms with Crippen LogP contribution in [-0.2, 0) is 16.0 Å². The molecule has 0 amide bonds. The molecule has 4 aromatic rings. The molecule has 12 heteroatoms. The van der Waals surface area contributed by atoms with Gasteiger partial charge >= 0.3 is 11.9 Å². The average Bonchev–Trinajstić information content (AvgIpc) is 3.08. The zero-order valence-corrected chi connectivity index (χ0v) is 17.9. The van der Waals surface area contributed by atoms with Gasteiger partial charge in [-0.25, -0.2) is 22.6 Å².